The van der Waals surface area contributed by atoms with Gasteiger partial charge in [0.05, 0.1) is 6.20 Å². The molecule has 0 aliphatic heterocycles. The topological polar surface area (TPSA) is 42.0 Å². The van der Waals surface area contributed by atoms with Crippen molar-refractivity contribution in [3.63, 3.8) is 0 Å². The monoisotopic (exact) mass is 216 g/mol. The molecule has 0 spiro atoms. The van der Waals surface area contributed by atoms with E-state index in [2.05, 4.69) is 10.3 Å². The third-order valence-corrected chi connectivity index (χ3v) is 2.99. The van der Waals surface area contributed by atoms with E-state index in [9.17, 15) is 8.60 Å². The molecule has 0 fully saturated rings. The van der Waals surface area contributed by atoms with E-state index in [1.807, 2.05) is 6.92 Å². The number of nitrogens with zero attached hydrogens (tertiary/aromatic N) is 1. The third kappa shape index (κ3) is 3.83. The van der Waals surface area contributed by atoms with E-state index in [-0.39, 0.29) is 5.82 Å². The minimum atomic E-state index is -0.769. The van der Waals surface area contributed by atoms with Crippen LogP contribution in [0.4, 0.5) is 10.2 Å². The molecule has 1 heterocycles. The number of anilines is 1. The largest absolute Gasteiger partial charge is 0.369 e. The summed E-state index contributed by atoms with van der Waals surface area (Å²) < 4.78 is 23.5. The zero-order valence-electron chi connectivity index (χ0n) is 8.00. The van der Waals surface area contributed by atoms with Gasteiger partial charge >= 0.3 is 0 Å². The highest BCUT2D eigenvalue weighted by Crippen LogP contribution is 2.02. The van der Waals surface area contributed by atoms with Crippen molar-refractivity contribution in [3.05, 3.63) is 24.1 Å². The maximum absolute atomic E-state index is 12.5. The summed E-state index contributed by atoms with van der Waals surface area (Å²) in [6.45, 7) is 2.48. The van der Waals surface area contributed by atoms with Crippen LogP contribution in [0.5, 0.6) is 0 Å². The Morgan fingerprint density at radius 3 is 2.93 bits per heavy atom. The van der Waals surface area contributed by atoms with E-state index >= 15 is 0 Å². The molecule has 1 unspecified atom stereocenters. The van der Waals surface area contributed by atoms with Crippen LogP contribution in [0.25, 0.3) is 0 Å². The molecule has 1 atom stereocenters. The first-order valence-corrected chi connectivity index (χ1v) is 5.91. The molecule has 0 aliphatic carbocycles. The van der Waals surface area contributed by atoms with E-state index < -0.39 is 10.8 Å². The lowest BCUT2D eigenvalue weighted by Crippen LogP contribution is -2.12. The van der Waals surface area contributed by atoms with Crippen molar-refractivity contribution in [2.24, 2.45) is 0 Å². The minimum absolute atomic E-state index is 0.354. The Morgan fingerprint density at radius 1 is 1.57 bits per heavy atom. The molecule has 0 saturated carbocycles. The second kappa shape index (κ2) is 5.70. The average molecular weight is 216 g/mol. The Labute approximate surface area is 85.2 Å². The van der Waals surface area contributed by atoms with E-state index in [4.69, 9.17) is 0 Å². The molecule has 5 heteroatoms. The normalized spacial score (nSPS) is 12.4. The number of pyridine rings is 1. The van der Waals surface area contributed by atoms with Crippen LogP contribution in [0.3, 0.4) is 0 Å². The van der Waals surface area contributed by atoms with Crippen molar-refractivity contribution in [3.8, 4) is 0 Å². The van der Waals surface area contributed by atoms with Crippen LogP contribution in [0.2, 0.25) is 0 Å². The van der Waals surface area contributed by atoms with Gasteiger partial charge < -0.3 is 5.32 Å². The Morgan fingerprint density at radius 2 is 2.36 bits per heavy atom. The van der Waals surface area contributed by atoms with E-state index in [0.29, 0.717) is 23.9 Å². The van der Waals surface area contributed by atoms with Crippen molar-refractivity contribution in [1.82, 2.24) is 4.98 Å². The smallest absolute Gasteiger partial charge is 0.141 e. The fourth-order valence-corrected chi connectivity index (χ4v) is 1.54. The maximum atomic E-state index is 12.5. The van der Waals surface area contributed by atoms with Gasteiger partial charge in [0.1, 0.15) is 11.6 Å². The summed E-state index contributed by atoms with van der Waals surface area (Å²) in [5.41, 5.74) is 0. The van der Waals surface area contributed by atoms with Crippen LogP contribution in [0.1, 0.15) is 6.92 Å². The van der Waals surface area contributed by atoms with Gasteiger partial charge in [0, 0.05) is 28.9 Å². The first-order valence-electron chi connectivity index (χ1n) is 4.42. The molecule has 0 aliphatic rings. The zero-order valence-corrected chi connectivity index (χ0v) is 8.81. The van der Waals surface area contributed by atoms with Crippen LogP contribution in [0, 0.1) is 5.82 Å². The maximum Gasteiger partial charge on any atom is 0.141 e. The number of halogens is 1. The predicted octanol–water partition coefficient (Wildman–Crippen LogP) is 1.40. The van der Waals surface area contributed by atoms with Gasteiger partial charge in [0.2, 0.25) is 0 Å². The van der Waals surface area contributed by atoms with Crippen LogP contribution < -0.4 is 5.32 Å². The Kier molecular flexibility index (Phi) is 4.52. The Hall–Kier alpha value is -0.970. The first-order chi connectivity index (χ1) is 6.72. The van der Waals surface area contributed by atoms with Gasteiger partial charge in [-0.2, -0.15) is 0 Å². The summed E-state index contributed by atoms with van der Waals surface area (Å²) in [6.07, 6.45) is 1.15. The van der Waals surface area contributed by atoms with Gasteiger partial charge in [-0.25, -0.2) is 9.37 Å². The second-order valence-corrected chi connectivity index (χ2v) is 4.59. The van der Waals surface area contributed by atoms with Crippen LogP contribution >= 0.6 is 0 Å². The summed E-state index contributed by atoms with van der Waals surface area (Å²) in [4.78, 5) is 3.82. The average Bonchev–Trinajstić information content (AvgIpc) is 2.21. The molecule has 14 heavy (non-hydrogen) atoms. The Bertz CT molecular complexity index is 302. The van der Waals surface area contributed by atoms with Crippen molar-refractivity contribution in [2.45, 2.75) is 6.92 Å². The molecular weight excluding hydrogens is 203 g/mol. The number of aromatic nitrogens is 1. The van der Waals surface area contributed by atoms with Crippen LogP contribution in [-0.4, -0.2) is 27.2 Å². The lowest BCUT2D eigenvalue weighted by molar-refractivity contribution is 0.621. The van der Waals surface area contributed by atoms with E-state index in [1.54, 1.807) is 6.07 Å². The lowest BCUT2D eigenvalue weighted by atomic mass is 10.4. The van der Waals surface area contributed by atoms with E-state index in [0.717, 1.165) is 6.20 Å². The summed E-state index contributed by atoms with van der Waals surface area (Å²) in [7, 11) is -0.769. The molecular formula is C9H13FN2OS. The van der Waals surface area contributed by atoms with E-state index in [1.165, 1.54) is 6.07 Å². The van der Waals surface area contributed by atoms with Gasteiger partial charge in [-0.15, -0.1) is 0 Å². The van der Waals surface area contributed by atoms with Crippen molar-refractivity contribution < 1.29 is 8.60 Å². The Balaban J connectivity index is 2.31. The minimum Gasteiger partial charge on any atom is -0.369 e. The van der Waals surface area contributed by atoms with Gasteiger partial charge in [-0.05, 0) is 12.1 Å². The summed E-state index contributed by atoms with van der Waals surface area (Å²) >= 11 is 0. The molecule has 1 N–H and O–H groups in total. The van der Waals surface area contributed by atoms with Crippen LogP contribution in [0.15, 0.2) is 18.3 Å². The predicted molar refractivity (Wildman–Crippen MR) is 56.2 cm³/mol. The molecule has 78 valence electrons. The molecule has 1 aromatic heterocycles. The first kappa shape index (κ1) is 11.1. The molecule has 1 aromatic rings. The van der Waals surface area contributed by atoms with Crippen molar-refractivity contribution in [1.29, 1.82) is 0 Å². The van der Waals surface area contributed by atoms with Gasteiger partial charge in [0.15, 0.2) is 0 Å². The summed E-state index contributed by atoms with van der Waals surface area (Å²) in [5.74, 6) is 1.51. The standard InChI is InChI=1S/C9H13FN2OS/c1-2-14(13)6-5-11-9-4-3-8(10)7-12-9/h3-4,7H,2,5-6H2,1H3,(H,11,12). The molecule has 0 saturated heterocycles. The molecule has 1 rings (SSSR count). The third-order valence-electron chi connectivity index (χ3n) is 1.69. The second-order valence-electron chi connectivity index (χ2n) is 2.72. The number of rotatable bonds is 5. The molecule has 3 nitrogen and oxygen atoms in total. The molecule has 0 bridgehead atoms. The van der Waals surface area contributed by atoms with Crippen molar-refractivity contribution in [2.75, 3.05) is 23.4 Å². The van der Waals surface area contributed by atoms with Crippen molar-refractivity contribution >= 4 is 16.6 Å². The molecule has 0 aromatic carbocycles. The van der Waals surface area contributed by atoms with Gasteiger partial charge in [-0.3, -0.25) is 4.21 Å². The summed E-state index contributed by atoms with van der Waals surface area (Å²) in [5, 5.41) is 2.97. The lowest BCUT2D eigenvalue weighted by Gasteiger charge is -2.03. The highest BCUT2D eigenvalue weighted by atomic mass is 32.2. The SMILES string of the molecule is CCS(=O)CCNc1ccc(F)cn1. The zero-order chi connectivity index (χ0) is 10.4. The number of hydrogen-bond acceptors (Lipinski definition) is 3. The highest BCUT2D eigenvalue weighted by Gasteiger charge is 1.97. The van der Waals surface area contributed by atoms with Crippen LogP contribution in [-0.2, 0) is 10.8 Å². The van der Waals surface area contributed by atoms with Gasteiger partial charge in [0.25, 0.3) is 0 Å². The molecule has 0 radical (unpaired) electrons. The molecule has 0 amide bonds. The number of nitrogens with one attached hydrogen (secondary N) is 1. The van der Waals surface area contributed by atoms with Gasteiger partial charge in [-0.1, -0.05) is 6.92 Å². The fourth-order valence-electron chi connectivity index (χ4n) is 0.918. The summed E-state index contributed by atoms with van der Waals surface area (Å²) in [6, 6.07) is 2.90. The number of hydrogen-bond donors (Lipinski definition) is 1. The highest BCUT2D eigenvalue weighted by molar-refractivity contribution is 7.84. The fraction of sp³-hybridized carbons (Fsp3) is 0.444. The quantitative estimate of drug-likeness (QED) is 0.809.